The van der Waals surface area contributed by atoms with E-state index in [0.29, 0.717) is 34.6 Å². The first kappa shape index (κ1) is 34.5. The van der Waals surface area contributed by atoms with Crippen LogP contribution in [0, 0.1) is 41.0 Å². The van der Waals surface area contributed by atoms with E-state index >= 15 is 13.2 Å². The molecule has 248 valence electrons. The Kier molecular flexibility index (Phi) is 12.6. The first-order valence-corrected chi connectivity index (χ1v) is 18.1. The molecule has 2 saturated carbocycles. The Hall–Kier alpha value is -2.88. The van der Waals surface area contributed by atoms with E-state index < -0.39 is 23.3 Å². The fourth-order valence-corrected chi connectivity index (χ4v) is 8.20. The van der Waals surface area contributed by atoms with Gasteiger partial charge in [-0.2, -0.15) is 0 Å². The molecule has 0 atom stereocenters. The van der Waals surface area contributed by atoms with Gasteiger partial charge in [-0.1, -0.05) is 106 Å². The van der Waals surface area contributed by atoms with Gasteiger partial charge in [-0.15, -0.1) is 0 Å². The van der Waals surface area contributed by atoms with E-state index in [2.05, 4.69) is 26.0 Å². The van der Waals surface area contributed by atoms with Gasteiger partial charge in [0.15, 0.2) is 23.3 Å². The molecule has 3 aromatic carbocycles. The predicted octanol–water partition coefficient (Wildman–Crippen LogP) is 13.5. The molecule has 0 spiro atoms. The molecule has 0 unspecified atom stereocenters. The zero-order valence-corrected chi connectivity index (χ0v) is 27.9. The first-order valence-electron chi connectivity index (χ1n) is 18.1. The molecule has 0 nitrogen and oxygen atoms in total. The zero-order chi connectivity index (χ0) is 32.5. The molecule has 0 radical (unpaired) electrons. The van der Waals surface area contributed by atoms with Crippen molar-refractivity contribution in [3.63, 3.8) is 0 Å². The van der Waals surface area contributed by atoms with Gasteiger partial charge in [-0.25, -0.2) is 17.6 Å². The van der Waals surface area contributed by atoms with Gasteiger partial charge in [0.2, 0.25) is 0 Å². The summed E-state index contributed by atoms with van der Waals surface area (Å²) in [5.74, 6) is -0.815. The molecule has 0 N–H and O–H groups in total. The van der Waals surface area contributed by atoms with Crippen LogP contribution in [0.1, 0.15) is 127 Å². The van der Waals surface area contributed by atoms with E-state index in [1.54, 1.807) is 48.5 Å². The van der Waals surface area contributed by atoms with Gasteiger partial charge in [0, 0.05) is 11.1 Å². The molecule has 0 aromatic heterocycles. The van der Waals surface area contributed by atoms with Gasteiger partial charge in [0.25, 0.3) is 0 Å². The fraction of sp³-hybridized carbons (Fsp3) is 0.524. The molecule has 3 aromatic rings. The van der Waals surface area contributed by atoms with Crippen LogP contribution in [0.4, 0.5) is 17.6 Å². The summed E-state index contributed by atoms with van der Waals surface area (Å²) < 4.78 is 60.9. The quantitative estimate of drug-likeness (QED) is 0.0999. The largest absolute Gasteiger partial charge is 0.203 e. The highest BCUT2D eigenvalue weighted by molar-refractivity contribution is 5.71. The SMILES string of the molecule is C/C=C/CCC1CCC(C2CCC(c3ccc(-c4ccc(-c5ccc(CCCCCCC)c(F)c5F)cc4)c(F)c3F)CC2)CC1. The topological polar surface area (TPSA) is 0 Å². The van der Waals surface area contributed by atoms with Crippen molar-refractivity contribution in [2.75, 3.05) is 0 Å². The molecular formula is C42H52F4. The minimum Gasteiger partial charge on any atom is -0.203 e. The smallest absolute Gasteiger partial charge is 0.166 e. The third-order valence-electron chi connectivity index (χ3n) is 11.1. The molecule has 0 aliphatic heterocycles. The average Bonchev–Trinajstić information content (AvgIpc) is 3.08. The van der Waals surface area contributed by atoms with Gasteiger partial charge < -0.3 is 0 Å². The fourth-order valence-electron chi connectivity index (χ4n) is 8.20. The predicted molar refractivity (Wildman–Crippen MR) is 184 cm³/mol. The summed E-state index contributed by atoms with van der Waals surface area (Å²) in [6.45, 7) is 4.24. The Morgan fingerprint density at radius 3 is 1.78 bits per heavy atom. The summed E-state index contributed by atoms with van der Waals surface area (Å²) in [5, 5.41) is 0. The van der Waals surface area contributed by atoms with Gasteiger partial charge in [0.05, 0.1) is 0 Å². The molecular weight excluding hydrogens is 580 g/mol. The Balaban J connectivity index is 1.18. The van der Waals surface area contributed by atoms with Crippen LogP contribution in [0.3, 0.4) is 0 Å². The molecule has 46 heavy (non-hydrogen) atoms. The molecule has 4 heteroatoms. The molecule has 0 bridgehead atoms. The molecule has 0 saturated heterocycles. The standard InChI is InChI=1S/C42H52F4/c1-3-5-7-8-10-12-35-25-26-36(40(44)39(35)43)33-21-23-34(24-22-33)38-28-27-37(41(45)42(38)46)32-19-17-31(18-20-32)30-15-13-29(14-16-30)11-9-6-4-2/h4,6,21-32H,3,5,7-20H2,1-2H3/b6-4+. The Morgan fingerprint density at radius 2 is 1.17 bits per heavy atom. The highest BCUT2D eigenvalue weighted by Gasteiger charge is 2.32. The highest BCUT2D eigenvalue weighted by atomic mass is 19.2. The lowest BCUT2D eigenvalue weighted by Crippen LogP contribution is -2.25. The summed E-state index contributed by atoms with van der Waals surface area (Å²) in [5.41, 5.74) is 2.28. The van der Waals surface area contributed by atoms with Crippen LogP contribution in [-0.4, -0.2) is 0 Å². The van der Waals surface area contributed by atoms with Crippen molar-refractivity contribution < 1.29 is 17.6 Å². The monoisotopic (exact) mass is 632 g/mol. The Labute approximate surface area is 274 Å². The average molecular weight is 633 g/mol. The molecule has 2 aliphatic carbocycles. The van der Waals surface area contributed by atoms with E-state index in [9.17, 15) is 4.39 Å². The van der Waals surface area contributed by atoms with E-state index in [4.69, 9.17) is 0 Å². The van der Waals surface area contributed by atoms with Gasteiger partial charge in [-0.05, 0) is 117 Å². The third-order valence-corrected chi connectivity index (χ3v) is 11.1. The number of hydrogen-bond donors (Lipinski definition) is 0. The lowest BCUT2D eigenvalue weighted by Gasteiger charge is -2.38. The normalized spacial score (nSPS) is 22.0. The van der Waals surface area contributed by atoms with Crippen molar-refractivity contribution in [3.05, 3.63) is 95.1 Å². The number of halogens is 4. The summed E-state index contributed by atoms with van der Waals surface area (Å²) in [6, 6.07) is 13.4. The Morgan fingerprint density at radius 1 is 0.609 bits per heavy atom. The lowest BCUT2D eigenvalue weighted by atomic mass is 9.68. The van der Waals surface area contributed by atoms with Gasteiger partial charge in [-0.3, -0.25) is 0 Å². The van der Waals surface area contributed by atoms with Crippen molar-refractivity contribution in [1.29, 1.82) is 0 Å². The second-order valence-electron chi connectivity index (χ2n) is 14.0. The molecule has 2 aliphatic rings. The van der Waals surface area contributed by atoms with Crippen molar-refractivity contribution in [2.24, 2.45) is 17.8 Å². The van der Waals surface area contributed by atoms with Gasteiger partial charge in [0.1, 0.15) is 0 Å². The minimum atomic E-state index is -0.858. The van der Waals surface area contributed by atoms with Crippen LogP contribution < -0.4 is 0 Å². The number of benzene rings is 3. The Bertz CT molecular complexity index is 1420. The number of allylic oxidation sites excluding steroid dienone is 2. The van der Waals surface area contributed by atoms with Crippen LogP contribution >= 0.6 is 0 Å². The first-order chi connectivity index (χ1) is 22.4. The second kappa shape index (κ2) is 16.8. The molecule has 0 amide bonds. The van der Waals surface area contributed by atoms with Crippen molar-refractivity contribution in [2.45, 2.75) is 122 Å². The summed E-state index contributed by atoms with van der Waals surface area (Å²) in [7, 11) is 0. The molecule has 5 rings (SSSR count). The maximum Gasteiger partial charge on any atom is 0.166 e. The lowest BCUT2D eigenvalue weighted by molar-refractivity contribution is 0.156. The number of aryl methyl sites for hydroxylation is 1. The van der Waals surface area contributed by atoms with E-state index in [0.717, 1.165) is 69.6 Å². The van der Waals surface area contributed by atoms with E-state index in [1.165, 1.54) is 38.5 Å². The number of hydrogen-bond acceptors (Lipinski definition) is 0. The van der Waals surface area contributed by atoms with Crippen molar-refractivity contribution in [1.82, 2.24) is 0 Å². The van der Waals surface area contributed by atoms with Gasteiger partial charge >= 0.3 is 0 Å². The summed E-state index contributed by atoms with van der Waals surface area (Å²) in [4.78, 5) is 0. The highest BCUT2D eigenvalue weighted by Crippen LogP contribution is 2.45. The van der Waals surface area contributed by atoms with Crippen molar-refractivity contribution in [3.8, 4) is 22.3 Å². The van der Waals surface area contributed by atoms with Crippen LogP contribution in [0.5, 0.6) is 0 Å². The van der Waals surface area contributed by atoms with Crippen molar-refractivity contribution >= 4 is 0 Å². The number of rotatable bonds is 13. The molecule has 0 heterocycles. The maximum absolute atomic E-state index is 15.5. The second-order valence-corrected chi connectivity index (χ2v) is 14.0. The maximum atomic E-state index is 15.5. The molecule has 2 fully saturated rings. The zero-order valence-electron chi connectivity index (χ0n) is 27.9. The van der Waals surface area contributed by atoms with Crippen LogP contribution in [0.25, 0.3) is 22.3 Å². The van der Waals surface area contributed by atoms with E-state index in [-0.39, 0.29) is 17.0 Å². The van der Waals surface area contributed by atoms with E-state index in [1.807, 2.05) is 0 Å². The third kappa shape index (κ3) is 8.33. The number of unbranched alkanes of at least 4 members (excludes halogenated alkanes) is 4. The van der Waals surface area contributed by atoms with Crippen LogP contribution in [0.15, 0.2) is 60.7 Å². The summed E-state index contributed by atoms with van der Waals surface area (Å²) in [6.07, 6.45) is 22.0. The van der Waals surface area contributed by atoms with Crippen LogP contribution in [-0.2, 0) is 6.42 Å². The minimum absolute atomic E-state index is 0.0523. The summed E-state index contributed by atoms with van der Waals surface area (Å²) >= 11 is 0. The van der Waals surface area contributed by atoms with Crippen LogP contribution in [0.2, 0.25) is 0 Å².